The van der Waals surface area contributed by atoms with Crippen LogP contribution >= 0.6 is 0 Å². The Kier molecular flexibility index (Phi) is 3.38. The summed E-state index contributed by atoms with van der Waals surface area (Å²) in [6.07, 6.45) is -0.0809. The monoisotopic (exact) mass is 227 g/mol. The molecule has 0 fully saturated rings. The molecule has 0 saturated heterocycles. The first-order valence-corrected chi connectivity index (χ1v) is 5.22. The van der Waals surface area contributed by atoms with Crippen LogP contribution in [0.1, 0.15) is 34.1 Å². The standard InChI is InChI=1S/C11H17NO4/c1-5-7-9(8(13)6(2)15-7)16-10(14)11(3,4)12/h6H,5,12H2,1-4H3. The molecule has 2 N–H and O–H groups in total. The molecule has 1 unspecified atom stereocenters. The molecule has 0 radical (unpaired) electrons. The predicted molar refractivity (Wildman–Crippen MR) is 57.2 cm³/mol. The van der Waals surface area contributed by atoms with Gasteiger partial charge in [-0.2, -0.15) is 0 Å². The Balaban J connectivity index is 2.87. The van der Waals surface area contributed by atoms with Gasteiger partial charge in [0.05, 0.1) is 0 Å². The molecule has 1 aliphatic rings. The van der Waals surface area contributed by atoms with Crippen molar-refractivity contribution in [2.24, 2.45) is 5.73 Å². The van der Waals surface area contributed by atoms with E-state index in [1.54, 1.807) is 6.92 Å². The number of nitrogens with two attached hydrogens (primary N) is 1. The summed E-state index contributed by atoms with van der Waals surface area (Å²) in [4.78, 5) is 23.2. The molecule has 5 nitrogen and oxygen atoms in total. The van der Waals surface area contributed by atoms with Crippen LogP contribution in [0.25, 0.3) is 0 Å². The Morgan fingerprint density at radius 3 is 2.56 bits per heavy atom. The van der Waals surface area contributed by atoms with Crippen LogP contribution in [0, 0.1) is 0 Å². The van der Waals surface area contributed by atoms with E-state index < -0.39 is 17.6 Å². The van der Waals surface area contributed by atoms with Gasteiger partial charge in [-0.15, -0.1) is 0 Å². The van der Waals surface area contributed by atoms with Crippen molar-refractivity contribution in [2.75, 3.05) is 0 Å². The van der Waals surface area contributed by atoms with Gasteiger partial charge in [-0.25, -0.2) is 4.79 Å². The van der Waals surface area contributed by atoms with Crippen LogP contribution in [0.5, 0.6) is 0 Å². The molecule has 0 aromatic rings. The number of rotatable bonds is 3. The molecule has 5 heteroatoms. The molecule has 0 amide bonds. The fourth-order valence-corrected chi connectivity index (χ4v) is 1.22. The van der Waals surface area contributed by atoms with Crippen LogP contribution < -0.4 is 5.73 Å². The summed E-state index contributed by atoms with van der Waals surface area (Å²) in [5, 5.41) is 0. The van der Waals surface area contributed by atoms with Gasteiger partial charge in [0.1, 0.15) is 11.3 Å². The summed E-state index contributed by atoms with van der Waals surface area (Å²) < 4.78 is 10.3. The van der Waals surface area contributed by atoms with Crippen LogP contribution in [-0.4, -0.2) is 23.4 Å². The van der Waals surface area contributed by atoms with Crippen LogP contribution in [0.4, 0.5) is 0 Å². The summed E-state index contributed by atoms with van der Waals surface area (Å²) in [6.45, 7) is 6.48. The molecular formula is C11H17NO4. The summed E-state index contributed by atoms with van der Waals surface area (Å²) in [5.41, 5.74) is 4.45. The third-order valence-corrected chi connectivity index (χ3v) is 2.21. The van der Waals surface area contributed by atoms with E-state index in [9.17, 15) is 9.59 Å². The number of carbonyl (C=O) groups excluding carboxylic acids is 2. The topological polar surface area (TPSA) is 78.6 Å². The van der Waals surface area contributed by atoms with Gasteiger partial charge in [0.2, 0.25) is 11.5 Å². The zero-order valence-corrected chi connectivity index (χ0v) is 9.99. The molecule has 1 heterocycles. The SMILES string of the molecule is CCC1=C(OC(=O)C(C)(C)N)C(=O)C(C)O1. The Morgan fingerprint density at radius 2 is 2.12 bits per heavy atom. The number of Topliss-reactive ketones (excluding diaryl/α,β-unsaturated/α-hetero) is 1. The highest BCUT2D eigenvalue weighted by Gasteiger charge is 2.36. The van der Waals surface area contributed by atoms with Crippen molar-refractivity contribution in [3.63, 3.8) is 0 Å². The maximum atomic E-state index is 11.6. The number of ketones is 1. The minimum Gasteiger partial charge on any atom is -0.483 e. The van der Waals surface area contributed by atoms with Crippen molar-refractivity contribution in [3.05, 3.63) is 11.5 Å². The smallest absolute Gasteiger partial charge is 0.331 e. The average Bonchev–Trinajstić information content (AvgIpc) is 2.44. The lowest BCUT2D eigenvalue weighted by molar-refractivity contribution is -0.147. The quantitative estimate of drug-likeness (QED) is 0.724. The van der Waals surface area contributed by atoms with E-state index in [0.717, 1.165) is 0 Å². The normalized spacial score (nSPS) is 21.1. The number of hydrogen-bond acceptors (Lipinski definition) is 5. The van der Waals surface area contributed by atoms with E-state index in [4.69, 9.17) is 15.2 Å². The largest absolute Gasteiger partial charge is 0.483 e. The minimum atomic E-state index is -1.13. The van der Waals surface area contributed by atoms with Crippen LogP contribution in [-0.2, 0) is 19.1 Å². The average molecular weight is 227 g/mol. The molecule has 0 spiro atoms. The summed E-state index contributed by atoms with van der Waals surface area (Å²) in [7, 11) is 0. The van der Waals surface area contributed by atoms with Crippen LogP contribution in [0.15, 0.2) is 11.5 Å². The van der Waals surface area contributed by atoms with Crippen molar-refractivity contribution < 1.29 is 19.1 Å². The first-order valence-electron chi connectivity index (χ1n) is 5.22. The summed E-state index contributed by atoms with van der Waals surface area (Å²) in [6, 6.07) is 0. The van der Waals surface area contributed by atoms with Gasteiger partial charge < -0.3 is 15.2 Å². The summed E-state index contributed by atoms with van der Waals surface area (Å²) in [5.74, 6) is -0.539. The zero-order chi connectivity index (χ0) is 12.5. The number of carbonyl (C=O) groups is 2. The van der Waals surface area contributed by atoms with E-state index in [0.29, 0.717) is 12.2 Å². The second-order valence-corrected chi connectivity index (χ2v) is 4.34. The summed E-state index contributed by atoms with van der Waals surface area (Å²) >= 11 is 0. The van der Waals surface area contributed by atoms with Crippen molar-refractivity contribution >= 4 is 11.8 Å². The molecule has 1 rings (SSSR count). The Morgan fingerprint density at radius 1 is 1.56 bits per heavy atom. The third-order valence-electron chi connectivity index (χ3n) is 2.21. The molecule has 1 atom stereocenters. The van der Waals surface area contributed by atoms with Crippen molar-refractivity contribution in [2.45, 2.75) is 45.8 Å². The number of allylic oxidation sites excluding steroid dienone is 1. The van der Waals surface area contributed by atoms with E-state index in [1.165, 1.54) is 13.8 Å². The molecule has 0 bridgehead atoms. The molecular weight excluding hydrogens is 210 g/mol. The first kappa shape index (κ1) is 12.7. The van der Waals surface area contributed by atoms with E-state index in [1.807, 2.05) is 6.92 Å². The van der Waals surface area contributed by atoms with Gasteiger partial charge in [0.25, 0.3) is 0 Å². The van der Waals surface area contributed by atoms with Gasteiger partial charge in [0.15, 0.2) is 6.10 Å². The number of hydrogen-bond donors (Lipinski definition) is 1. The maximum Gasteiger partial charge on any atom is 0.331 e. The lowest BCUT2D eigenvalue weighted by Crippen LogP contribution is -2.43. The number of ether oxygens (including phenoxy) is 2. The Bertz CT molecular complexity index is 351. The zero-order valence-electron chi connectivity index (χ0n) is 9.99. The molecule has 0 aliphatic carbocycles. The van der Waals surface area contributed by atoms with Crippen molar-refractivity contribution in [3.8, 4) is 0 Å². The van der Waals surface area contributed by atoms with Crippen LogP contribution in [0.3, 0.4) is 0 Å². The molecule has 90 valence electrons. The second-order valence-electron chi connectivity index (χ2n) is 4.34. The Labute approximate surface area is 94.6 Å². The molecule has 0 aromatic heterocycles. The van der Waals surface area contributed by atoms with E-state index in [2.05, 4.69) is 0 Å². The first-order chi connectivity index (χ1) is 7.27. The highest BCUT2D eigenvalue weighted by Crippen LogP contribution is 2.25. The van der Waals surface area contributed by atoms with Gasteiger partial charge in [-0.1, -0.05) is 6.92 Å². The molecule has 0 aromatic carbocycles. The van der Waals surface area contributed by atoms with Crippen molar-refractivity contribution in [1.29, 1.82) is 0 Å². The van der Waals surface area contributed by atoms with Gasteiger partial charge in [-0.05, 0) is 20.8 Å². The predicted octanol–water partition coefficient (Wildman–Crippen LogP) is 0.876. The third kappa shape index (κ3) is 2.41. The fraction of sp³-hybridized carbons (Fsp3) is 0.636. The minimum absolute atomic E-state index is 0.00137. The highest BCUT2D eigenvalue weighted by molar-refractivity contribution is 6.01. The van der Waals surface area contributed by atoms with Crippen molar-refractivity contribution in [1.82, 2.24) is 0 Å². The van der Waals surface area contributed by atoms with Gasteiger partial charge in [-0.3, -0.25) is 4.79 Å². The lowest BCUT2D eigenvalue weighted by Gasteiger charge is -2.16. The van der Waals surface area contributed by atoms with E-state index in [-0.39, 0.29) is 11.5 Å². The number of esters is 1. The highest BCUT2D eigenvalue weighted by atomic mass is 16.6. The molecule has 0 saturated carbocycles. The molecule has 1 aliphatic heterocycles. The Hall–Kier alpha value is -1.36. The lowest BCUT2D eigenvalue weighted by atomic mass is 10.1. The van der Waals surface area contributed by atoms with E-state index >= 15 is 0 Å². The van der Waals surface area contributed by atoms with Crippen LogP contribution in [0.2, 0.25) is 0 Å². The second kappa shape index (κ2) is 4.25. The van der Waals surface area contributed by atoms with Gasteiger partial charge >= 0.3 is 5.97 Å². The fourth-order valence-electron chi connectivity index (χ4n) is 1.22. The maximum absolute atomic E-state index is 11.6. The van der Waals surface area contributed by atoms with Gasteiger partial charge in [0, 0.05) is 6.42 Å². The molecule has 16 heavy (non-hydrogen) atoms.